The van der Waals surface area contributed by atoms with E-state index in [1.54, 1.807) is 20.4 Å². The summed E-state index contributed by atoms with van der Waals surface area (Å²) in [5.41, 5.74) is 1.89. The van der Waals surface area contributed by atoms with E-state index in [9.17, 15) is 4.79 Å². The summed E-state index contributed by atoms with van der Waals surface area (Å²) in [6, 6.07) is 5.75. The second kappa shape index (κ2) is 9.77. The molecule has 1 N–H and O–H groups in total. The topological polar surface area (TPSA) is 87.0 Å². The molecule has 0 amide bonds. The largest absolute Gasteiger partial charge is 0.497 e. The number of fused-ring (bicyclic) bond motifs is 1. The van der Waals surface area contributed by atoms with Gasteiger partial charge in [-0.25, -0.2) is 9.97 Å². The standard InChI is InChI=1S/C23H27BrN4O4/c1-30-17-9-8-16(18(12-17)31-2)13-26-21-19-20(24)27-22(28(19)11-10-25-21)14-4-6-15(7-5-14)23(29)32-3/h8-12,14-15H,4-7,13H2,1-3H3,(H,25,26). The Hall–Kier alpha value is -2.81. The molecule has 1 saturated carbocycles. The van der Waals surface area contributed by atoms with E-state index < -0.39 is 0 Å². The Morgan fingerprint density at radius 3 is 2.66 bits per heavy atom. The zero-order valence-corrected chi connectivity index (χ0v) is 20.0. The number of hydrogen-bond acceptors (Lipinski definition) is 7. The molecule has 4 rings (SSSR count). The fourth-order valence-corrected chi connectivity index (χ4v) is 4.93. The highest BCUT2D eigenvalue weighted by molar-refractivity contribution is 9.10. The minimum atomic E-state index is -0.109. The molecule has 0 bridgehead atoms. The third kappa shape index (κ3) is 4.39. The van der Waals surface area contributed by atoms with Crippen molar-refractivity contribution in [2.24, 2.45) is 5.92 Å². The van der Waals surface area contributed by atoms with Crippen molar-refractivity contribution in [2.45, 2.75) is 38.1 Å². The molecule has 0 unspecified atom stereocenters. The number of imidazole rings is 1. The van der Waals surface area contributed by atoms with E-state index >= 15 is 0 Å². The van der Waals surface area contributed by atoms with Crippen molar-refractivity contribution >= 4 is 33.2 Å². The van der Waals surface area contributed by atoms with Crippen LogP contribution in [0.4, 0.5) is 5.82 Å². The lowest BCUT2D eigenvalue weighted by molar-refractivity contribution is -0.146. The fraction of sp³-hybridized carbons (Fsp3) is 0.435. The summed E-state index contributed by atoms with van der Waals surface area (Å²) in [7, 11) is 4.73. The van der Waals surface area contributed by atoms with Crippen molar-refractivity contribution in [2.75, 3.05) is 26.6 Å². The molecular formula is C23H27BrN4O4. The molecule has 1 aromatic carbocycles. The third-order valence-corrected chi connectivity index (χ3v) is 6.66. The summed E-state index contributed by atoms with van der Waals surface area (Å²) in [5, 5.41) is 3.42. The Morgan fingerprint density at radius 2 is 1.97 bits per heavy atom. The number of nitrogens with one attached hydrogen (secondary N) is 1. The van der Waals surface area contributed by atoms with E-state index in [0.29, 0.717) is 6.54 Å². The lowest BCUT2D eigenvalue weighted by Crippen LogP contribution is -2.23. The highest BCUT2D eigenvalue weighted by Crippen LogP contribution is 2.38. The van der Waals surface area contributed by atoms with Gasteiger partial charge in [-0.05, 0) is 53.7 Å². The van der Waals surface area contributed by atoms with Crippen LogP contribution < -0.4 is 14.8 Å². The van der Waals surface area contributed by atoms with Crippen molar-refractivity contribution in [1.29, 1.82) is 0 Å². The van der Waals surface area contributed by atoms with Gasteiger partial charge in [-0.1, -0.05) is 0 Å². The number of halogens is 1. The number of rotatable bonds is 7. The maximum absolute atomic E-state index is 11.9. The Bertz CT molecular complexity index is 1110. The molecule has 1 aliphatic rings. The van der Waals surface area contributed by atoms with Crippen LogP contribution in [-0.4, -0.2) is 41.7 Å². The second-order valence-corrected chi connectivity index (χ2v) is 8.61. The van der Waals surface area contributed by atoms with Crippen LogP contribution in [0, 0.1) is 5.92 Å². The molecule has 1 fully saturated rings. The van der Waals surface area contributed by atoms with Gasteiger partial charge in [0.1, 0.15) is 27.4 Å². The number of carbonyl (C=O) groups is 1. The monoisotopic (exact) mass is 502 g/mol. The van der Waals surface area contributed by atoms with Gasteiger partial charge in [0.15, 0.2) is 5.82 Å². The number of ether oxygens (including phenoxy) is 3. The van der Waals surface area contributed by atoms with Crippen molar-refractivity contribution < 1.29 is 19.0 Å². The first-order chi connectivity index (χ1) is 15.5. The smallest absolute Gasteiger partial charge is 0.308 e. The predicted molar refractivity (Wildman–Crippen MR) is 124 cm³/mol. The van der Waals surface area contributed by atoms with Crippen LogP contribution in [0.2, 0.25) is 0 Å². The molecular weight excluding hydrogens is 476 g/mol. The maximum atomic E-state index is 11.9. The van der Waals surface area contributed by atoms with E-state index in [1.807, 2.05) is 24.4 Å². The summed E-state index contributed by atoms with van der Waals surface area (Å²) in [6.07, 6.45) is 7.15. The van der Waals surface area contributed by atoms with Gasteiger partial charge in [-0.2, -0.15) is 0 Å². The average molecular weight is 503 g/mol. The second-order valence-electron chi connectivity index (χ2n) is 7.86. The lowest BCUT2D eigenvalue weighted by Gasteiger charge is -2.26. The minimum absolute atomic E-state index is 0.00992. The van der Waals surface area contributed by atoms with E-state index in [4.69, 9.17) is 19.2 Å². The van der Waals surface area contributed by atoms with Gasteiger partial charge in [-0.15, -0.1) is 0 Å². The van der Waals surface area contributed by atoms with Crippen LogP contribution in [0.5, 0.6) is 11.5 Å². The molecule has 1 aliphatic carbocycles. The van der Waals surface area contributed by atoms with Gasteiger partial charge in [0.2, 0.25) is 0 Å². The molecule has 2 aromatic heterocycles. The molecule has 0 saturated heterocycles. The van der Waals surface area contributed by atoms with E-state index in [-0.39, 0.29) is 17.8 Å². The summed E-state index contributed by atoms with van der Waals surface area (Å²) in [6.45, 7) is 0.539. The zero-order chi connectivity index (χ0) is 22.7. The highest BCUT2D eigenvalue weighted by atomic mass is 79.9. The van der Waals surface area contributed by atoms with Crippen LogP contribution in [0.25, 0.3) is 5.52 Å². The van der Waals surface area contributed by atoms with Crippen molar-refractivity contribution in [1.82, 2.24) is 14.4 Å². The van der Waals surface area contributed by atoms with Crippen LogP contribution >= 0.6 is 15.9 Å². The van der Waals surface area contributed by atoms with Gasteiger partial charge in [0.25, 0.3) is 0 Å². The first kappa shape index (κ1) is 22.4. The average Bonchev–Trinajstić information content (AvgIpc) is 3.19. The van der Waals surface area contributed by atoms with E-state index in [0.717, 1.165) is 64.5 Å². The van der Waals surface area contributed by atoms with Crippen LogP contribution in [0.15, 0.2) is 35.2 Å². The molecule has 0 aliphatic heterocycles. The molecule has 2 heterocycles. The SMILES string of the molecule is COC(=O)C1CCC(c2nc(Br)c3c(NCc4ccc(OC)cc4OC)nccn23)CC1. The first-order valence-corrected chi connectivity index (χ1v) is 11.4. The summed E-state index contributed by atoms with van der Waals surface area (Å²) in [4.78, 5) is 21.2. The minimum Gasteiger partial charge on any atom is -0.497 e. The number of carbonyl (C=O) groups excluding carboxylic acids is 1. The molecule has 0 atom stereocenters. The highest BCUT2D eigenvalue weighted by Gasteiger charge is 2.30. The van der Waals surface area contributed by atoms with Crippen molar-refractivity contribution in [3.05, 3.63) is 46.6 Å². The van der Waals surface area contributed by atoms with Gasteiger partial charge in [-0.3, -0.25) is 9.20 Å². The van der Waals surface area contributed by atoms with Gasteiger partial charge >= 0.3 is 5.97 Å². The van der Waals surface area contributed by atoms with Crippen LogP contribution in [-0.2, 0) is 16.1 Å². The number of hydrogen-bond donors (Lipinski definition) is 1. The van der Waals surface area contributed by atoms with Crippen LogP contribution in [0.1, 0.15) is 43.0 Å². The number of nitrogens with zero attached hydrogens (tertiary/aromatic N) is 3. The van der Waals surface area contributed by atoms with E-state index in [2.05, 4.69) is 30.6 Å². The summed E-state index contributed by atoms with van der Waals surface area (Å²) >= 11 is 3.63. The number of aromatic nitrogens is 3. The van der Waals surface area contributed by atoms with Crippen molar-refractivity contribution in [3.8, 4) is 11.5 Å². The van der Waals surface area contributed by atoms with E-state index in [1.165, 1.54) is 7.11 Å². The molecule has 3 aromatic rings. The number of anilines is 1. The summed E-state index contributed by atoms with van der Waals surface area (Å²) in [5.74, 6) is 3.38. The lowest BCUT2D eigenvalue weighted by atomic mass is 9.81. The third-order valence-electron chi connectivity index (χ3n) is 6.11. The fourth-order valence-electron chi connectivity index (χ4n) is 4.37. The predicted octanol–water partition coefficient (Wildman–Crippen LogP) is 4.57. The molecule has 8 nitrogen and oxygen atoms in total. The Morgan fingerprint density at radius 1 is 1.19 bits per heavy atom. The number of benzene rings is 1. The van der Waals surface area contributed by atoms with Crippen LogP contribution in [0.3, 0.4) is 0 Å². The number of esters is 1. The molecule has 32 heavy (non-hydrogen) atoms. The van der Waals surface area contributed by atoms with Gasteiger partial charge < -0.3 is 19.5 Å². The Balaban J connectivity index is 1.55. The summed E-state index contributed by atoms with van der Waals surface area (Å²) < 4.78 is 18.5. The Kier molecular flexibility index (Phi) is 6.83. The molecule has 0 spiro atoms. The maximum Gasteiger partial charge on any atom is 0.308 e. The first-order valence-electron chi connectivity index (χ1n) is 10.6. The Labute approximate surface area is 195 Å². The molecule has 9 heteroatoms. The van der Waals surface area contributed by atoms with Gasteiger partial charge in [0.05, 0.1) is 27.2 Å². The zero-order valence-electron chi connectivity index (χ0n) is 18.4. The quantitative estimate of drug-likeness (QED) is 0.473. The normalized spacial score (nSPS) is 18.4. The van der Waals surface area contributed by atoms with Crippen molar-refractivity contribution in [3.63, 3.8) is 0 Å². The molecule has 0 radical (unpaired) electrons. The number of methoxy groups -OCH3 is 3. The van der Waals surface area contributed by atoms with Gasteiger partial charge in [0, 0.05) is 36.5 Å². The molecule has 170 valence electrons.